The molecule has 1 rings (SSSR count). The Bertz CT molecular complexity index is 429. The Morgan fingerprint density at radius 1 is 0.833 bits per heavy atom. The Kier molecular flexibility index (Phi) is 5.02. The summed E-state index contributed by atoms with van der Waals surface area (Å²) in [6, 6.07) is 3.10. The third-order valence-corrected chi connectivity index (χ3v) is 2.81. The summed E-state index contributed by atoms with van der Waals surface area (Å²) < 4.78 is 0. The van der Waals surface area contributed by atoms with E-state index in [4.69, 9.17) is 0 Å². The zero-order valence-electron chi connectivity index (χ0n) is 11.6. The lowest BCUT2D eigenvalue weighted by Crippen LogP contribution is -1.94. The minimum absolute atomic E-state index is 0.252. The molecule has 0 amide bonds. The first-order chi connectivity index (χ1) is 8.41. The average molecular weight is 246 g/mol. The standard InChI is InChI=1S/C16H22O2/c1-11(2)5-7-13-14(8-6-12(3)4)16(18)10-9-15(13)17/h5-6,9-10,17-18H,7-8H2,1-4H3. The highest BCUT2D eigenvalue weighted by atomic mass is 16.3. The van der Waals surface area contributed by atoms with Gasteiger partial charge in [0.1, 0.15) is 11.5 Å². The first-order valence-corrected chi connectivity index (χ1v) is 6.21. The van der Waals surface area contributed by atoms with Crippen LogP contribution < -0.4 is 0 Å². The number of benzene rings is 1. The lowest BCUT2D eigenvalue weighted by atomic mass is 9.98. The van der Waals surface area contributed by atoms with Gasteiger partial charge in [0.25, 0.3) is 0 Å². The van der Waals surface area contributed by atoms with Gasteiger partial charge in [-0.2, -0.15) is 0 Å². The van der Waals surface area contributed by atoms with Crippen LogP contribution in [0.1, 0.15) is 38.8 Å². The van der Waals surface area contributed by atoms with E-state index in [0.717, 1.165) is 11.1 Å². The summed E-state index contributed by atoms with van der Waals surface area (Å²) >= 11 is 0. The fraction of sp³-hybridized carbons (Fsp3) is 0.375. The smallest absolute Gasteiger partial charge is 0.119 e. The number of rotatable bonds is 4. The van der Waals surface area contributed by atoms with Crippen LogP contribution in [0.15, 0.2) is 35.4 Å². The first-order valence-electron chi connectivity index (χ1n) is 6.21. The SMILES string of the molecule is CC(C)=CCc1c(O)ccc(O)c1CC=C(C)C. The van der Waals surface area contributed by atoms with Crippen molar-refractivity contribution in [2.24, 2.45) is 0 Å². The largest absolute Gasteiger partial charge is 0.508 e. The van der Waals surface area contributed by atoms with Crippen LogP contribution in [0.2, 0.25) is 0 Å². The summed E-state index contributed by atoms with van der Waals surface area (Å²) in [5, 5.41) is 19.9. The molecule has 0 radical (unpaired) electrons. The van der Waals surface area contributed by atoms with Crippen LogP contribution in [0, 0.1) is 0 Å². The third-order valence-electron chi connectivity index (χ3n) is 2.81. The second-order valence-corrected chi connectivity index (χ2v) is 5.03. The van der Waals surface area contributed by atoms with E-state index in [9.17, 15) is 10.2 Å². The highest BCUT2D eigenvalue weighted by Crippen LogP contribution is 2.30. The van der Waals surface area contributed by atoms with E-state index in [2.05, 4.69) is 12.2 Å². The molecule has 2 nitrogen and oxygen atoms in total. The van der Waals surface area contributed by atoms with Crippen LogP contribution in [0.5, 0.6) is 11.5 Å². The Morgan fingerprint density at radius 3 is 1.44 bits per heavy atom. The molecule has 0 saturated carbocycles. The molecule has 2 N–H and O–H groups in total. The Balaban J connectivity index is 3.16. The van der Waals surface area contributed by atoms with Crippen LogP contribution in [0.3, 0.4) is 0 Å². The maximum Gasteiger partial charge on any atom is 0.119 e. The minimum Gasteiger partial charge on any atom is -0.508 e. The number of phenols is 2. The minimum atomic E-state index is 0.252. The van der Waals surface area contributed by atoms with E-state index in [1.807, 2.05) is 27.7 Å². The van der Waals surface area contributed by atoms with Crippen LogP contribution in [-0.4, -0.2) is 10.2 Å². The van der Waals surface area contributed by atoms with E-state index < -0.39 is 0 Å². The molecule has 0 aromatic heterocycles. The molecule has 18 heavy (non-hydrogen) atoms. The highest BCUT2D eigenvalue weighted by Gasteiger charge is 2.10. The lowest BCUT2D eigenvalue weighted by molar-refractivity contribution is 0.450. The molecule has 1 aromatic carbocycles. The number of phenolic OH excluding ortho intramolecular Hbond substituents is 2. The predicted molar refractivity (Wildman–Crippen MR) is 76.0 cm³/mol. The topological polar surface area (TPSA) is 40.5 Å². The molecule has 0 aliphatic rings. The van der Waals surface area contributed by atoms with E-state index in [0.29, 0.717) is 12.8 Å². The zero-order valence-corrected chi connectivity index (χ0v) is 11.6. The van der Waals surface area contributed by atoms with Crippen molar-refractivity contribution >= 4 is 0 Å². The van der Waals surface area contributed by atoms with E-state index in [-0.39, 0.29) is 11.5 Å². The molecule has 0 unspecified atom stereocenters. The average Bonchev–Trinajstić information content (AvgIpc) is 2.28. The normalized spacial score (nSPS) is 10.0. The van der Waals surface area contributed by atoms with Crippen LogP contribution >= 0.6 is 0 Å². The van der Waals surface area contributed by atoms with Crippen LogP contribution in [0.25, 0.3) is 0 Å². The van der Waals surface area contributed by atoms with Crippen molar-refractivity contribution < 1.29 is 10.2 Å². The van der Waals surface area contributed by atoms with Gasteiger partial charge >= 0.3 is 0 Å². The molecule has 0 aliphatic heterocycles. The predicted octanol–water partition coefficient (Wildman–Crippen LogP) is 4.12. The maximum atomic E-state index is 9.93. The molecule has 0 bridgehead atoms. The van der Waals surface area contributed by atoms with Gasteiger partial charge in [0.05, 0.1) is 0 Å². The summed E-state index contributed by atoms with van der Waals surface area (Å²) in [7, 11) is 0. The Labute approximate surface area is 109 Å². The monoisotopic (exact) mass is 246 g/mol. The van der Waals surface area contributed by atoms with Gasteiger partial charge in [-0.25, -0.2) is 0 Å². The number of hydrogen-bond acceptors (Lipinski definition) is 2. The Morgan fingerprint density at radius 2 is 1.17 bits per heavy atom. The summed E-state index contributed by atoms with van der Waals surface area (Å²) in [6.45, 7) is 8.09. The van der Waals surface area contributed by atoms with Crippen molar-refractivity contribution in [2.75, 3.05) is 0 Å². The van der Waals surface area contributed by atoms with Gasteiger partial charge in [-0.3, -0.25) is 0 Å². The van der Waals surface area contributed by atoms with Gasteiger partial charge in [-0.15, -0.1) is 0 Å². The fourth-order valence-corrected chi connectivity index (χ4v) is 1.74. The summed E-state index contributed by atoms with van der Waals surface area (Å²) in [6.07, 6.45) is 5.41. The lowest BCUT2D eigenvalue weighted by Gasteiger charge is -2.11. The maximum absolute atomic E-state index is 9.93. The molecular weight excluding hydrogens is 224 g/mol. The summed E-state index contributed by atoms with van der Waals surface area (Å²) in [5.41, 5.74) is 4.03. The summed E-state index contributed by atoms with van der Waals surface area (Å²) in [5.74, 6) is 0.505. The van der Waals surface area contributed by atoms with Crippen LogP contribution in [-0.2, 0) is 12.8 Å². The summed E-state index contributed by atoms with van der Waals surface area (Å²) in [4.78, 5) is 0. The van der Waals surface area contributed by atoms with Crippen LogP contribution in [0.4, 0.5) is 0 Å². The zero-order chi connectivity index (χ0) is 13.7. The number of aromatic hydroxyl groups is 2. The van der Waals surface area contributed by atoms with Gasteiger partial charge in [0.15, 0.2) is 0 Å². The van der Waals surface area contributed by atoms with Gasteiger partial charge in [-0.05, 0) is 52.7 Å². The first kappa shape index (κ1) is 14.4. The van der Waals surface area contributed by atoms with Crippen molar-refractivity contribution in [3.05, 3.63) is 46.6 Å². The molecular formula is C16H22O2. The third kappa shape index (κ3) is 3.95. The molecule has 0 aliphatic carbocycles. The van der Waals surface area contributed by atoms with Gasteiger partial charge in [-0.1, -0.05) is 23.3 Å². The fourth-order valence-electron chi connectivity index (χ4n) is 1.74. The van der Waals surface area contributed by atoms with Crippen molar-refractivity contribution in [1.82, 2.24) is 0 Å². The Hall–Kier alpha value is -1.70. The van der Waals surface area contributed by atoms with Gasteiger partial charge in [0, 0.05) is 11.1 Å². The van der Waals surface area contributed by atoms with Crippen molar-refractivity contribution in [1.29, 1.82) is 0 Å². The molecule has 0 fully saturated rings. The molecule has 0 saturated heterocycles. The molecule has 98 valence electrons. The van der Waals surface area contributed by atoms with E-state index in [1.54, 1.807) is 12.1 Å². The van der Waals surface area contributed by atoms with Crippen molar-refractivity contribution in [3.8, 4) is 11.5 Å². The molecule has 0 spiro atoms. The van der Waals surface area contributed by atoms with Gasteiger partial charge < -0.3 is 10.2 Å². The van der Waals surface area contributed by atoms with E-state index >= 15 is 0 Å². The second kappa shape index (κ2) is 6.29. The highest BCUT2D eigenvalue weighted by molar-refractivity contribution is 5.49. The number of hydrogen-bond donors (Lipinski definition) is 2. The quantitative estimate of drug-likeness (QED) is 0.620. The van der Waals surface area contributed by atoms with Gasteiger partial charge in [0.2, 0.25) is 0 Å². The number of allylic oxidation sites excluding steroid dienone is 4. The molecule has 1 aromatic rings. The molecule has 2 heteroatoms. The van der Waals surface area contributed by atoms with Crippen molar-refractivity contribution in [2.45, 2.75) is 40.5 Å². The van der Waals surface area contributed by atoms with Crippen molar-refractivity contribution in [3.63, 3.8) is 0 Å². The molecule has 0 heterocycles. The molecule has 0 atom stereocenters. The second-order valence-electron chi connectivity index (χ2n) is 5.03. The van der Waals surface area contributed by atoms with E-state index in [1.165, 1.54) is 11.1 Å².